The summed E-state index contributed by atoms with van der Waals surface area (Å²) in [4.78, 5) is 18.0. The van der Waals surface area contributed by atoms with Crippen LogP contribution in [0.1, 0.15) is 31.5 Å². The molecule has 1 aromatic carbocycles. The van der Waals surface area contributed by atoms with Crippen LogP contribution in [-0.2, 0) is 27.7 Å². The van der Waals surface area contributed by atoms with Gasteiger partial charge in [0.2, 0.25) is 15.9 Å². The highest BCUT2D eigenvalue weighted by Crippen LogP contribution is 2.31. The van der Waals surface area contributed by atoms with Crippen LogP contribution in [0.25, 0.3) is 0 Å². The molecule has 0 atom stereocenters. The average molecular weight is 388 g/mol. The lowest BCUT2D eigenvalue weighted by Crippen LogP contribution is -2.34. The molecule has 0 unspecified atom stereocenters. The van der Waals surface area contributed by atoms with Gasteiger partial charge in [-0.3, -0.25) is 9.78 Å². The second-order valence-electron chi connectivity index (χ2n) is 6.69. The van der Waals surface area contributed by atoms with Gasteiger partial charge in [0.1, 0.15) is 0 Å². The highest BCUT2D eigenvalue weighted by Gasteiger charge is 2.28. The van der Waals surface area contributed by atoms with Crippen LogP contribution < -0.4 is 4.90 Å². The van der Waals surface area contributed by atoms with Gasteiger partial charge in [-0.1, -0.05) is 19.1 Å². The van der Waals surface area contributed by atoms with E-state index < -0.39 is 10.0 Å². The summed E-state index contributed by atoms with van der Waals surface area (Å²) >= 11 is 0. The number of carbonyl (C=O) groups excluding carboxylic acids is 1. The molecule has 1 aliphatic heterocycles. The number of nitrogens with zero attached hydrogens (tertiary/aromatic N) is 3. The van der Waals surface area contributed by atoms with E-state index in [4.69, 9.17) is 0 Å². The summed E-state index contributed by atoms with van der Waals surface area (Å²) in [6, 6.07) is 10.8. The van der Waals surface area contributed by atoms with Crippen molar-refractivity contribution in [2.45, 2.75) is 38.0 Å². The second kappa shape index (κ2) is 8.19. The highest BCUT2D eigenvalue weighted by molar-refractivity contribution is 7.89. The third kappa shape index (κ3) is 4.20. The monoisotopic (exact) mass is 387 g/mol. The van der Waals surface area contributed by atoms with Gasteiger partial charge < -0.3 is 4.90 Å². The smallest absolute Gasteiger partial charge is 0.243 e. The van der Waals surface area contributed by atoms with E-state index >= 15 is 0 Å². The van der Waals surface area contributed by atoms with E-state index in [1.54, 1.807) is 23.2 Å². The van der Waals surface area contributed by atoms with Crippen molar-refractivity contribution in [1.82, 2.24) is 9.29 Å². The van der Waals surface area contributed by atoms with Gasteiger partial charge in [0.05, 0.1) is 4.90 Å². The van der Waals surface area contributed by atoms with E-state index in [1.165, 1.54) is 11.2 Å². The molecule has 1 aromatic heterocycles. The largest absolute Gasteiger partial charge is 0.312 e. The van der Waals surface area contributed by atoms with Crippen LogP contribution in [0.4, 0.5) is 5.69 Å². The summed E-state index contributed by atoms with van der Waals surface area (Å²) in [5.41, 5.74) is 2.59. The molecule has 0 saturated heterocycles. The first-order valence-corrected chi connectivity index (χ1v) is 10.7. The van der Waals surface area contributed by atoms with Crippen molar-refractivity contribution in [3.8, 4) is 0 Å². The molecule has 0 bridgehead atoms. The third-order valence-corrected chi connectivity index (χ3v) is 6.68. The first-order valence-electron chi connectivity index (χ1n) is 9.24. The van der Waals surface area contributed by atoms with Crippen LogP contribution >= 0.6 is 0 Å². The summed E-state index contributed by atoms with van der Waals surface area (Å²) in [7, 11) is -3.64. The minimum Gasteiger partial charge on any atom is -0.312 e. The molecule has 0 N–H and O–H groups in total. The van der Waals surface area contributed by atoms with E-state index in [-0.39, 0.29) is 10.8 Å². The molecule has 144 valence electrons. The average Bonchev–Trinajstić information content (AvgIpc) is 3.09. The molecule has 27 heavy (non-hydrogen) atoms. The molecular weight excluding hydrogens is 362 g/mol. The molecule has 0 saturated carbocycles. The fraction of sp³-hybridized carbons (Fsp3) is 0.400. The van der Waals surface area contributed by atoms with Gasteiger partial charge in [-0.15, -0.1) is 0 Å². The quantitative estimate of drug-likeness (QED) is 0.732. The van der Waals surface area contributed by atoms with E-state index in [0.29, 0.717) is 31.7 Å². The molecule has 2 aromatic rings. The van der Waals surface area contributed by atoms with Gasteiger partial charge in [0.15, 0.2) is 0 Å². The number of hydrogen-bond acceptors (Lipinski definition) is 4. The number of pyridine rings is 1. The molecule has 1 amide bonds. The number of aromatic nitrogens is 1. The van der Waals surface area contributed by atoms with Crippen molar-refractivity contribution in [2.24, 2.45) is 0 Å². The van der Waals surface area contributed by atoms with Gasteiger partial charge in [0.25, 0.3) is 0 Å². The summed E-state index contributed by atoms with van der Waals surface area (Å²) < 4.78 is 28.0. The van der Waals surface area contributed by atoms with Crippen molar-refractivity contribution < 1.29 is 13.2 Å². The van der Waals surface area contributed by atoms with Crippen LogP contribution in [0.5, 0.6) is 0 Å². The molecule has 3 rings (SSSR count). The van der Waals surface area contributed by atoms with Crippen LogP contribution in [0.15, 0.2) is 47.5 Å². The summed E-state index contributed by atoms with van der Waals surface area (Å²) in [5, 5.41) is 0. The van der Waals surface area contributed by atoms with E-state index in [1.807, 2.05) is 31.2 Å². The Bertz CT molecular complexity index is 913. The minimum atomic E-state index is -3.64. The topological polar surface area (TPSA) is 70.6 Å². The van der Waals surface area contributed by atoms with Crippen LogP contribution in [0.2, 0.25) is 0 Å². The summed E-state index contributed by atoms with van der Waals surface area (Å²) in [5.74, 6) is -0.0659. The number of benzene rings is 1. The standard InChI is InChI=1S/C20H25N3O3S/c1-3-12-22(13-10-18-6-4-5-11-21-18)27(25,26)19-8-7-17-9-14-23(16(2)24)20(17)15-19/h4-8,11,15H,3,9-10,12-14H2,1-2H3. The zero-order chi connectivity index (χ0) is 19.4. The molecule has 6 nitrogen and oxygen atoms in total. The number of hydrogen-bond donors (Lipinski definition) is 0. The third-order valence-electron chi connectivity index (χ3n) is 4.79. The number of rotatable bonds is 7. The lowest BCUT2D eigenvalue weighted by Gasteiger charge is -2.22. The Morgan fingerprint density at radius 1 is 1.22 bits per heavy atom. The number of fused-ring (bicyclic) bond motifs is 1. The molecule has 0 aliphatic carbocycles. The van der Waals surface area contributed by atoms with Gasteiger partial charge in [-0.25, -0.2) is 8.42 Å². The molecule has 2 heterocycles. The maximum absolute atomic E-state index is 13.2. The second-order valence-corrected chi connectivity index (χ2v) is 8.62. The normalized spacial score (nSPS) is 13.8. The maximum atomic E-state index is 13.2. The number of carbonyl (C=O) groups is 1. The predicted molar refractivity (Wildman–Crippen MR) is 105 cm³/mol. The van der Waals surface area contributed by atoms with Gasteiger partial charge in [-0.05, 0) is 42.7 Å². The molecule has 0 radical (unpaired) electrons. The molecule has 1 aliphatic rings. The fourth-order valence-electron chi connectivity index (χ4n) is 3.38. The van der Waals surface area contributed by atoms with Gasteiger partial charge >= 0.3 is 0 Å². The van der Waals surface area contributed by atoms with Crippen LogP contribution in [0.3, 0.4) is 0 Å². The van der Waals surface area contributed by atoms with E-state index in [9.17, 15) is 13.2 Å². The van der Waals surface area contributed by atoms with E-state index in [2.05, 4.69) is 4.98 Å². The maximum Gasteiger partial charge on any atom is 0.243 e. The lowest BCUT2D eigenvalue weighted by atomic mass is 10.2. The SMILES string of the molecule is CCCN(CCc1ccccn1)S(=O)(=O)c1ccc2c(c1)N(C(C)=O)CC2. The van der Waals surface area contributed by atoms with Crippen molar-refractivity contribution in [2.75, 3.05) is 24.5 Å². The fourth-order valence-corrected chi connectivity index (χ4v) is 4.94. The van der Waals surface area contributed by atoms with Crippen LogP contribution in [0, 0.1) is 0 Å². The molecule has 0 spiro atoms. The molecular formula is C20H25N3O3S. The first-order chi connectivity index (χ1) is 12.9. The highest BCUT2D eigenvalue weighted by atomic mass is 32.2. The van der Waals surface area contributed by atoms with E-state index in [0.717, 1.165) is 24.1 Å². The van der Waals surface area contributed by atoms with Gasteiger partial charge in [0, 0.05) is 50.6 Å². The Labute approximate surface area is 160 Å². The van der Waals surface area contributed by atoms with Crippen molar-refractivity contribution in [1.29, 1.82) is 0 Å². The van der Waals surface area contributed by atoms with Crippen molar-refractivity contribution >= 4 is 21.6 Å². The van der Waals surface area contributed by atoms with Gasteiger partial charge in [-0.2, -0.15) is 4.31 Å². The summed E-state index contributed by atoms with van der Waals surface area (Å²) in [6.07, 6.45) is 3.76. The first kappa shape index (κ1) is 19.5. The Morgan fingerprint density at radius 3 is 2.70 bits per heavy atom. The zero-order valence-electron chi connectivity index (χ0n) is 15.8. The predicted octanol–water partition coefficient (Wildman–Crippen LogP) is 2.63. The Kier molecular flexibility index (Phi) is 5.92. The Morgan fingerprint density at radius 2 is 2.04 bits per heavy atom. The molecule has 0 fully saturated rings. The zero-order valence-corrected chi connectivity index (χ0v) is 16.6. The molecule has 7 heteroatoms. The Hall–Kier alpha value is -2.25. The Balaban J connectivity index is 1.86. The summed E-state index contributed by atoms with van der Waals surface area (Å²) in [6.45, 7) is 4.89. The lowest BCUT2D eigenvalue weighted by molar-refractivity contribution is -0.116. The van der Waals surface area contributed by atoms with Crippen LogP contribution in [-0.4, -0.2) is 43.2 Å². The number of anilines is 1. The minimum absolute atomic E-state index is 0.0659. The van der Waals surface area contributed by atoms with Crippen molar-refractivity contribution in [3.05, 3.63) is 53.9 Å². The number of amides is 1. The van der Waals surface area contributed by atoms with Crippen molar-refractivity contribution in [3.63, 3.8) is 0 Å². The number of sulfonamides is 1.